The molecular formula is C22H18Cl2N4O3S. The van der Waals surface area contributed by atoms with Crippen molar-refractivity contribution in [3.05, 3.63) is 73.6 Å². The molecule has 32 heavy (non-hydrogen) atoms. The van der Waals surface area contributed by atoms with Gasteiger partial charge in [0.1, 0.15) is 22.6 Å². The summed E-state index contributed by atoms with van der Waals surface area (Å²) in [6.45, 7) is 1.91. The van der Waals surface area contributed by atoms with Crippen molar-refractivity contribution in [2.24, 2.45) is 5.10 Å². The van der Waals surface area contributed by atoms with Crippen molar-refractivity contribution in [2.45, 2.75) is 13.5 Å². The van der Waals surface area contributed by atoms with Crippen LogP contribution in [0.2, 0.25) is 10.0 Å². The molecule has 0 fully saturated rings. The molecule has 7 nitrogen and oxygen atoms in total. The third kappa shape index (κ3) is 5.32. The molecule has 3 aromatic rings. The van der Waals surface area contributed by atoms with Gasteiger partial charge < -0.3 is 15.2 Å². The Bertz CT molecular complexity index is 1230. The van der Waals surface area contributed by atoms with E-state index in [4.69, 9.17) is 43.7 Å². The third-order valence-electron chi connectivity index (χ3n) is 4.46. The maximum absolute atomic E-state index is 12.3. The van der Waals surface area contributed by atoms with Crippen LogP contribution in [0.1, 0.15) is 31.9 Å². The number of anilines is 1. The number of nitrogens with two attached hydrogens (primary N) is 1. The first-order chi connectivity index (χ1) is 15.3. The lowest BCUT2D eigenvalue weighted by Crippen LogP contribution is -2.17. The van der Waals surface area contributed by atoms with Crippen molar-refractivity contribution < 1.29 is 14.3 Å². The molecule has 0 aliphatic heterocycles. The maximum Gasteiger partial charge on any atom is 0.281 e. The number of ether oxygens (including phenoxy) is 2. The van der Waals surface area contributed by atoms with Gasteiger partial charge in [-0.15, -0.1) is 11.3 Å². The van der Waals surface area contributed by atoms with Crippen LogP contribution in [-0.4, -0.2) is 19.2 Å². The van der Waals surface area contributed by atoms with Gasteiger partial charge in [0.2, 0.25) is 0 Å². The second kappa shape index (κ2) is 10.4. The van der Waals surface area contributed by atoms with E-state index >= 15 is 0 Å². The summed E-state index contributed by atoms with van der Waals surface area (Å²) in [5, 5.41) is 14.4. The van der Waals surface area contributed by atoms with Gasteiger partial charge in [0.15, 0.2) is 11.5 Å². The zero-order chi connectivity index (χ0) is 23.3. The van der Waals surface area contributed by atoms with E-state index in [0.29, 0.717) is 48.1 Å². The fourth-order valence-electron chi connectivity index (χ4n) is 2.79. The number of amides is 1. The van der Waals surface area contributed by atoms with Crippen LogP contribution < -0.4 is 20.6 Å². The standard InChI is InChI=1S/C22H18Cl2N4O3S/c1-12-16(9-25)21(26)32-20(12)22(29)28-27-10-13-3-6-18(19(7-13)30-2)31-11-14-4-5-15(23)8-17(14)24/h3-8,10H,11,26H2,1-2H3,(H,28,29)/b27-10+. The first kappa shape index (κ1) is 23.4. The van der Waals surface area contributed by atoms with Gasteiger partial charge in [-0.25, -0.2) is 5.43 Å². The molecule has 0 radical (unpaired) electrons. The van der Waals surface area contributed by atoms with E-state index in [-0.39, 0.29) is 6.61 Å². The number of thiophene rings is 1. The van der Waals surface area contributed by atoms with Crippen LogP contribution in [0.5, 0.6) is 11.5 Å². The second-order valence-electron chi connectivity index (χ2n) is 6.54. The largest absolute Gasteiger partial charge is 0.493 e. The first-order valence-electron chi connectivity index (χ1n) is 9.21. The van der Waals surface area contributed by atoms with Crippen LogP contribution in [0.3, 0.4) is 0 Å². The SMILES string of the molecule is COc1cc(/C=N/NC(=O)c2sc(N)c(C#N)c2C)ccc1OCc1ccc(Cl)cc1Cl. The van der Waals surface area contributed by atoms with Crippen LogP contribution in [0.25, 0.3) is 0 Å². The summed E-state index contributed by atoms with van der Waals surface area (Å²) < 4.78 is 11.2. The van der Waals surface area contributed by atoms with E-state index < -0.39 is 5.91 Å². The summed E-state index contributed by atoms with van der Waals surface area (Å²) in [7, 11) is 1.52. The number of carbonyl (C=O) groups excluding carboxylic acids is 1. The summed E-state index contributed by atoms with van der Waals surface area (Å²) in [5.74, 6) is 0.572. The quantitative estimate of drug-likeness (QED) is 0.352. The summed E-state index contributed by atoms with van der Waals surface area (Å²) in [6.07, 6.45) is 1.47. The minimum absolute atomic E-state index is 0.240. The minimum atomic E-state index is -0.441. The maximum atomic E-state index is 12.3. The number of hydrogen-bond donors (Lipinski definition) is 2. The van der Waals surface area contributed by atoms with Gasteiger partial charge >= 0.3 is 0 Å². The molecule has 0 saturated carbocycles. The molecule has 164 valence electrons. The lowest BCUT2D eigenvalue weighted by molar-refractivity contribution is 0.0958. The third-order valence-corrected chi connectivity index (χ3v) is 6.16. The molecule has 0 unspecified atom stereocenters. The van der Waals surface area contributed by atoms with Crippen LogP contribution in [-0.2, 0) is 6.61 Å². The highest BCUT2D eigenvalue weighted by Gasteiger charge is 2.18. The van der Waals surface area contributed by atoms with Gasteiger partial charge in [-0.2, -0.15) is 10.4 Å². The number of rotatable bonds is 7. The Morgan fingerprint density at radius 1 is 1.28 bits per heavy atom. The number of methoxy groups -OCH3 is 1. The predicted octanol–water partition coefficient (Wildman–Crippen LogP) is 5.17. The molecule has 10 heteroatoms. The van der Waals surface area contributed by atoms with Crippen LogP contribution >= 0.6 is 34.5 Å². The summed E-state index contributed by atoms with van der Waals surface area (Å²) >= 11 is 13.1. The number of hydrazone groups is 1. The molecule has 0 atom stereocenters. The average molecular weight is 489 g/mol. The molecule has 0 aliphatic rings. The Morgan fingerprint density at radius 2 is 2.06 bits per heavy atom. The number of carbonyl (C=O) groups is 1. The number of halogens is 2. The zero-order valence-corrected chi connectivity index (χ0v) is 19.4. The van der Waals surface area contributed by atoms with Crippen molar-refractivity contribution >= 4 is 51.7 Å². The average Bonchev–Trinajstić information content (AvgIpc) is 3.06. The van der Waals surface area contributed by atoms with E-state index in [2.05, 4.69) is 10.5 Å². The Hall–Kier alpha value is -3.25. The molecule has 3 N–H and O–H groups in total. The molecule has 1 heterocycles. The smallest absolute Gasteiger partial charge is 0.281 e. The van der Waals surface area contributed by atoms with Gasteiger partial charge in [0.05, 0.1) is 18.9 Å². The molecule has 1 aromatic heterocycles. The van der Waals surface area contributed by atoms with Crippen LogP contribution in [0.15, 0.2) is 41.5 Å². The topological polar surface area (TPSA) is 110 Å². The van der Waals surface area contributed by atoms with Gasteiger partial charge in [0.25, 0.3) is 5.91 Å². The lowest BCUT2D eigenvalue weighted by Gasteiger charge is -2.12. The van der Waals surface area contributed by atoms with E-state index in [1.165, 1.54) is 13.3 Å². The molecule has 1 amide bonds. The van der Waals surface area contributed by atoms with Crippen molar-refractivity contribution in [1.29, 1.82) is 5.26 Å². The molecule has 0 aliphatic carbocycles. The van der Waals surface area contributed by atoms with E-state index in [1.54, 1.807) is 43.3 Å². The Kier molecular flexibility index (Phi) is 7.59. The normalized spacial score (nSPS) is 10.7. The lowest BCUT2D eigenvalue weighted by atomic mass is 10.2. The predicted molar refractivity (Wildman–Crippen MR) is 127 cm³/mol. The fraction of sp³-hybridized carbons (Fsp3) is 0.136. The number of benzene rings is 2. The molecule has 0 saturated heterocycles. The summed E-state index contributed by atoms with van der Waals surface area (Å²) in [6, 6.07) is 12.4. The van der Waals surface area contributed by atoms with Crippen LogP contribution in [0, 0.1) is 18.3 Å². The molecule has 3 rings (SSSR count). The highest BCUT2D eigenvalue weighted by atomic mass is 35.5. The Labute approximate surface area is 199 Å². The van der Waals surface area contributed by atoms with E-state index in [1.807, 2.05) is 6.07 Å². The van der Waals surface area contributed by atoms with Gasteiger partial charge in [-0.05, 0) is 48.4 Å². The Morgan fingerprint density at radius 3 is 2.72 bits per heavy atom. The summed E-state index contributed by atoms with van der Waals surface area (Å²) in [4.78, 5) is 12.7. The van der Waals surface area contributed by atoms with Gasteiger partial charge in [0, 0.05) is 15.6 Å². The number of nitriles is 1. The number of nitrogens with one attached hydrogen (secondary N) is 1. The monoisotopic (exact) mass is 488 g/mol. The van der Waals surface area contributed by atoms with Crippen molar-refractivity contribution in [3.8, 4) is 17.6 Å². The van der Waals surface area contributed by atoms with E-state index in [9.17, 15) is 4.79 Å². The molecule has 0 spiro atoms. The minimum Gasteiger partial charge on any atom is -0.493 e. The zero-order valence-electron chi connectivity index (χ0n) is 17.1. The molecule has 0 bridgehead atoms. The number of nitrogen functional groups attached to an aromatic ring is 1. The van der Waals surface area contributed by atoms with Gasteiger partial charge in [-0.1, -0.05) is 29.3 Å². The van der Waals surface area contributed by atoms with Crippen molar-refractivity contribution in [3.63, 3.8) is 0 Å². The molecule has 2 aromatic carbocycles. The number of nitrogens with zero attached hydrogens (tertiary/aromatic N) is 2. The fourth-order valence-corrected chi connectivity index (χ4v) is 4.16. The summed E-state index contributed by atoms with van der Waals surface area (Å²) in [5.41, 5.74) is 10.5. The number of hydrogen-bond acceptors (Lipinski definition) is 7. The van der Waals surface area contributed by atoms with E-state index in [0.717, 1.165) is 16.9 Å². The molecular weight excluding hydrogens is 471 g/mol. The van der Waals surface area contributed by atoms with Crippen molar-refractivity contribution in [2.75, 3.05) is 12.8 Å². The Balaban J connectivity index is 1.67. The van der Waals surface area contributed by atoms with Crippen LogP contribution in [0.4, 0.5) is 5.00 Å². The van der Waals surface area contributed by atoms with Crippen molar-refractivity contribution in [1.82, 2.24) is 5.43 Å². The second-order valence-corrected chi connectivity index (χ2v) is 8.44. The highest BCUT2D eigenvalue weighted by Crippen LogP contribution is 2.31. The first-order valence-corrected chi connectivity index (χ1v) is 10.8. The van der Waals surface area contributed by atoms with Gasteiger partial charge in [-0.3, -0.25) is 4.79 Å². The highest BCUT2D eigenvalue weighted by molar-refractivity contribution is 7.18.